The van der Waals surface area contributed by atoms with E-state index in [1.54, 1.807) is 0 Å². The fraction of sp³-hybridized carbons (Fsp3) is 0.357. The van der Waals surface area contributed by atoms with Crippen LogP contribution >= 0.6 is 0 Å². The van der Waals surface area contributed by atoms with Crippen LogP contribution in [0.15, 0.2) is 24.3 Å². The fourth-order valence-electron chi connectivity index (χ4n) is 1.70. The van der Waals surface area contributed by atoms with Gasteiger partial charge in [0.15, 0.2) is 0 Å². The topological polar surface area (TPSA) is 128 Å². The summed E-state index contributed by atoms with van der Waals surface area (Å²) in [6, 6.07) is 4.48. The number of hydrogen-bond donors (Lipinski definition) is 2. The summed E-state index contributed by atoms with van der Waals surface area (Å²) in [7, 11) is 1.21. The molecular weight excluding hydrogens is 306 g/mol. The second kappa shape index (κ2) is 8.47. The smallest absolute Gasteiger partial charge is 0.328 e. The van der Waals surface area contributed by atoms with E-state index in [0.717, 1.165) is 6.07 Å². The van der Waals surface area contributed by atoms with Crippen LogP contribution in [0.5, 0.6) is 0 Å². The number of rotatable bonds is 7. The van der Waals surface area contributed by atoms with Crippen molar-refractivity contribution in [1.29, 1.82) is 0 Å². The van der Waals surface area contributed by atoms with Gasteiger partial charge in [0.25, 0.3) is 11.6 Å². The molecule has 1 aromatic rings. The van der Waals surface area contributed by atoms with Gasteiger partial charge in [0.2, 0.25) is 5.91 Å². The maximum atomic E-state index is 11.8. The number of benzene rings is 1. The molecule has 0 heterocycles. The van der Waals surface area contributed by atoms with Crippen molar-refractivity contribution in [2.45, 2.75) is 19.4 Å². The number of nitrogens with zero attached hydrogens (tertiary/aromatic N) is 1. The van der Waals surface area contributed by atoms with Gasteiger partial charge in [0, 0.05) is 30.7 Å². The Morgan fingerprint density at radius 3 is 2.65 bits per heavy atom. The van der Waals surface area contributed by atoms with E-state index in [4.69, 9.17) is 0 Å². The summed E-state index contributed by atoms with van der Waals surface area (Å²) in [5.41, 5.74) is -0.0650. The van der Waals surface area contributed by atoms with E-state index in [9.17, 15) is 24.5 Å². The van der Waals surface area contributed by atoms with E-state index in [-0.39, 0.29) is 24.2 Å². The van der Waals surface area contributed by atoms with E-state index in [0.29, 0.717) is 0 Å². The minimum Gasteiger partial charge on any atom is -0.467 e. The Kier molecular flexibility index (Phi) is 6.66. The second-order valence-corrected chi connectivity index (χ2v) is 4.63. The summed E-state index contributed by atoms with van der Waals surface area (Å²) in [5, 5.41) is 15.5. The first-order valence-electron chi connectivity index (χ1n) is 6.75. The highest BCUT2D eigenvalue weighted by Crippen LogP contribution is 2.12. The molecule has 0 aliphatic heterocycles. The standard InChI is InChI=1S/C14H17N3O6/c1-9(14(20)23-2)16-12(18)6-7-15-13(19)10-4-3-5-11(8-10)17(21)22/h3-5,8-9H,6-7H2,1-2H3,(H,15,19)(H,16,18)/t9-/m1/s1. The van der Waals surface area contributed by atoms with Gasteiger partial charge in [-0.3, -0.25) is 19.7 Å². The number of hydrogen-bond acceptors (Lipinski definition) is 6. The number of carbonyl (C=O) groups excluding carboxylic acids is 3. The van der Waals surface area contributed by atoms with Crippen LogP contribution in [-0.2, 0) is 14.3 Å². The lowest BCUT2D eigenvalue weighted by Gasteiger charge is -2.11. The molecule has 9 heteroatoms. The van der Waals surface area contributed by atoms with Crippen molar-refractivity contribution in [2.75, 3.05) is 13.7 Å². The van der Waals surface area contributed by atoms with E-state index in [1.165, 1.54) is 32.2 Å². The third-order valence-corrected chi connectivity index (χ3v) is 2.89. The lowest BCUT2D eigenvalue weighted by molar-refractivity contribution is -0.384. The molecule has 0 spiro atoms. The molecule has 0 aliphatic carbocycles. The number of ether oxygens (including phenoxy) is 1. The Hall–Kier alpha value is -2.97. The molecule has 124 valence electrons. The van der Waals surface area contributed by atoms with Gasteiger partial charge in [-0.15, -0.1) is 0 Å². The minimum atomic E-state index is -0.778. The number of nitro benzene ring substituents is 1. The fourth-order valence-corrected chi connectivity index (χ4v) is 1.70. The Labute approximate surface area is 132 Å². The average Bonchev–Trinajstić information content (AvgIpc) is 2.53. The van der Waals surface area contributed by atoms with Crippen molar-refractivity contribution >= 4 is 23.5 Å². The van der Waals surface area contributed by atoms with Crippen molar-refractivity contribution in [3.05, 3.63) is 39.9 Å². The molecule has 0 fully saturated rings. The molecular formula is C14H17N3O6. The SMILES string of the molecule is COC(=O)[C@@H](C)NC(=O)CCNC(=O)c1cccc([N+](=O)[O-])c1. The van der Waals surface area contributed by atoms with Crippen LogP contribution in [-0.4, -0.2) is 42.4 Å². The summed E-state index contributed by atoms with van der Waals surface area (Å²) in [4.78, 5) is 44.6. The van der Waals surface area contributed by atoms with Crippen LogP contribution in [0, 0.1) is 10.1 Å². The van der Waals surface area contributed by atoms with Gasteiger partial charge in [-0.05, 0) is 13.0 Å². The van der Waals surface area contributed by atoms with Crippen molar-refractivity contribution in [3.63, 3.8) is 0 Å². The predicted molar refractivity (Wildman–Crippen MR) is 79.7 cm³/mol. The number of non-ortho nitro benzene ring substituents is 1. The Bertz CT molecular complexity index is 616. The van der Waals surface area contributed by atoms with Gasteiger partial charge in [0.05, 0.1) is 12.0 Å². The zero-order valence-electron chi connectivity index (χ0n) is 12.7. The van der Waals surface area contributed by atoms with Crippen molar-refractivity contribution in [2.24, 2.45) is 0 Å². The number of esters is 1. The van der Waals surface area contributed by atoms with Gasteiger partial charge < -0.3 is 15.4 Å². The Morgan fingerprint density at radius 2 is 2.04 bits per heavy atom. The van der Waals surface area contributed by atoms with E-state index >= 15 is 0 Å². The van der Waals surface area contributed by atoms with Crippen LogP contribution in [0.2, 0.25) is 0 Å². The number of carbonyl (C=O) groups is 3. The first-order chi connectivity index (χ1) is 10.8. The molecule has 2 amide bonds. The third-order valence-electron chi connectivity index (χ3n) is 2.89. The van der Waals surface area contributed by atoms with Crippen LogP contribution in [0.3, 0.4) is 0 Å². The number of nitrogens with one attached hydrogen (secondary N) is 2. The van der Waals surface area contributed by atoms with Gasteiger partial charge in [-0.2, -0.15) is 0 Å². The number of methoxy groups -OCH3 is 1. The molecule has 0 saturated heterocycles. The molecule has 9 nitrogen and oxygen atoms in total. The molecule has 1 atom stereocenters. The van der Waals surface area contributed by atoms with Gasteiger partial charge in [-0.1, -0.05) is 6.07 Å². The van der Waals surface area contributed by atoms with Gasteiger partial charge >= 0.3 is 5.97 Å². The lowest BCUT2D eigenvalue weighted by Crippen LogP contribution is -2.40. The summed E-state index contributed by atoms with van der Waals surface area (Å²) < 4.78 is 4.47. The first kappa shape index (κ1) is 18.1. The summed E-state index contributed by atoms with van der Waals surface area (Å²) >= 11 is 0. The predicted octanol–water partition coefficient (Wildman–Crippen LogP) is 0.392. The molecule has 0 saturated carbocycles. The maximum absolute atomic E-state index is 11.8. The molecule has 0 bridgehead atoms. The molecule has 0 unspecified atom stereocenters. The molecule has 1 rings (SSSR count). The monoisotopic (exact) mass is 323 g/mol. The highest BCUT2D eigenvalue weighted by atomic mass is 16.6. The molecule has 23 heavy (non-hydrogen) atoms. The van der Waals surface area contributed by atoms with Crippen LogP contribution in [0.4, 0.5) is 5.69 Å². The zero-order valence-corrected chi connectivity index (χ0v) is 12.7. The quantitative estimate of drug-likeness (QED) is 0.424. The van der Waals surface area contributed by atoms with E-state index < -0.39 is 28.7 Å². The summed E-state index contributed by atoms with van der Waals surface area (Å²) in [6.45, 7) is 1.51. The van der Waals surface area contributed by atoms with Crippen LogP contribution in [0.25, 0.3) is 0 Å². The van der Waals surface area contributed by atoms with Gasteiger partial charge in [-0.25, -0.2) is 4.79 Å². The average molecular weight is 323 g/mol. The maximum Gasteiger partial charge on any atom is 0.328 e. The third kappa shape index (κ3) is 5.73. The normalized spacial score (nSPS) is 11.2. The Morgan fingerprint density at radius 1 is 1.35 bits per heavy atom. The number of nitro groups is 1. The molecule has 0 aromatic heterocycles. The van der Waals surface area contributed by atoms with E-state index in [2.05, 4.69) is 15.4 Å². The van der Waals surface area contributed by atoms with Crippen molar-refractivity contribution in [3.8, 4) is 0 Å². The van der Waals surface area contributed by atoms with Crippen molar-refractivity contribution in [1.82, 2.24) is 10.6 Å². The Balaban J connectivity index is 2.45. The summed E-state index contributed by atoms with van der Waals surface area (Å²) in [6.07, 6.45) is -0.0397. The second-order valence-electron chi connectivity index (χ2n) is 4.63. The number of amides is 2. The minimum absolute atomic E-state index is 0.0290. The van der Waals surface area contributed by atoms with Gasteiger partial charge in [0.1, 0.15) is 6.04 Å². The highest BCUT2D eigenvalue weighted by Gasteiger charge is 2.16. The lowest BCUT2D eigenvalue weighted by atomic mass is 10.2. The van der Waals surface area contributed by atoms with Crippen LogP contribution < -0.4 is 10.6 Å². The molecule has 2 N–H and O–H groups in total. The largest absolute Gasteiger partial charge is 0.467 e. The molecule has 0 aliphatic rings. The molecule has 1 aromatic carbocycles. The van der Waals surface area contributed by atoms with Crippen molar-refractivity contribution < 1.29 is 24.0 Å². The zero-order chi connectivity index (χ0) is 17.4. The first-order valence-corrected chi connectivity index (χ1v) is 6.75. The summed E-state index contributed by atoms with van der Waals surface area (Å²) in [5.74, 6) is -1.52. The highest BCUT2D eigenvalue weighted by molar-refractivity contribution is 5.95. The van der Waals surface area contributed by atoms with Crippen LogP contribution in [0.1, 0.15) is 23.7 Å². The van der Waals surface area contributed by atoms with E-state index in [1.807, 2.05) is 0 Å². The molecule has 0 radical (unpaired) electrons.